The maximum atomic E-state index is 10.7. The van der Waals surface area contributed by atoms with Crippen molar-refractivity contribution in [3.05, 3.63) is 17.0 Å². The highest BCUT2D eigenvalue weighted by Gasteiger charge is 2.43. The molecule has 2 atom stereocenters. The maximum Gasteiger partial charge on any atom is 0.224 e. The fourth-order valence-corrected chi connectivity index (χ4v) is 3.68. The number of halogens is 1. The van der Waals surface area contributed by atoms with Crippen molar-refractivity contribution in [2.24, 2.45) is 5.92 Å². The van der Waals surface area contributed by atoms with E-state index in [1.54, 1.807) is 0 Å². The minimum Gasteiger partial charge on any atom is -0.389 e. The van der Waals surface area contributed by atoms with E-state index >= 15 is 0 Å². The Morgan fingerprint density at radius 3 is 3.00 bits per heavy atom. The van der Waals surface area contributed by atoms with E-state index in [0.29, 0.717) is 11.2 Å². The molecule has 1 saturated heterocycles. The molecule has 4 nitrogen and oxygen atoms in total. The molecule has 1 aliphatic heterocycles. The lowest BCUT2D eigenvalue weighted by Gasteiger charge is -2.47. The maximum absolute atomic E-state index is 10.7. The van der Waals surface area contributed by atoms with Gasteiger partial charge >= 0.3 is 0 Å². The summed E-state index contributed by atoms with van der Waals surface area (Å²) in [6.45, 7) is 3.65. The molecule has 1 aliphatic carbocycles. The average Bonchev–Trinajstić information content (AvgIpc) is 2.36. The molecule has 3 rings (SSSR count). The third kappa shape index (κ3) is 2.56. The Labute approximate surface area is 118 Å². The van der Waals surface area contributed by atoms with Crippen LogP contribution in [-0.4, -0.2) is 33.8 Å². The number of hydrogen-bond acceptors (Lipinski definition) is 4. The van der Waals surface area contributed by atoms with E-state index < -0.39 is 5.60 Å². The molecule has 0 bridgehead atoms. The quantitative estimate of drug-likeness (QED) is 0.804. The molecule has 2 fully saturated rings. The summed E-state index contributed by atoms with van der Waals surface area (Å²) in [5.74, 6) is 1.26. The van der Waals surface area contributed by atoms with Crippen molar-refractivity contribution in [2.75, 3.05) is 18.0 Å². The van der Waals surface area contributed by atoms with Gasteiger partial charge in [-0.15, -0.1) is 0 Å². The van der Waals surface area contributed by atoms with Crippen molar-refractivity contribution in [3.8, 4) is 0 Å². The Morgan fingerprint density at radius 2 is 2.21 bits per heavy atom. The summed E-state index contributed by atoms with van der Waals surface area (Å²) in [7, 11) is 0. The highest BCUT2D eigenvalue weighted by atomic mass is 35.5. The average molecular weight is 282 g/mol. The number of aromatic nitrogens is 2. The van der Waals surface area contributed by atoms with Gasteiger partial charge in [0.25, 0.3) is 0 Å². The first-order valence-corrected chi connectivity index (χ1v) is 7.43. The van der Waals surface area contributed by atoms with Crippen LogP contribution >= 0.6 is 11.6 Å². The first kappa shape index (κ1) is 13.1. The lowest BCUT2D eigenvalue weighted by Crippen LogP contribution is -2.53. The summed E-state index contributed by atoms with van der Waals surface area (Å²) in [6.07, 6.45) is 5.29. The van der Waals surface area contributed by atoms with Gasteiger partial charge in [-0.25, -0.2) is 9.97 Å². The Bertz CT molecular complexity index is 462. The number of anilines is 1. The van der Waals surface area contributed by atoms with Gasteiger partial charge in [-0.3, -0.25) is 0 Å². The Balaban J connectivity index is 1.80. The number of rotatable bonds is 1. The lowest BCUT2D eigenvalue weighted by atomic mass is 9.71. The van der Waals surface area contributed by atoms with Gasteiger partial charge in [-0.05, 0) is 37.8 Å². The van der Waals surface area contributed by atoms with Crippen LogP contribution in [-0.2, 0) is 0 Å². The summed E-state index contributed by atoms with van der Waals surface area (Å²) in [4.78, 5) is 10.7. The zero-order chi connectivity index (χ0) is 13.5. The normalized spacial score (nSPS) is 31.1. The SMILES string of the molecule is Cc1cc(N2CCC3(O)CCCCC3C2)nc(Cl)n1. The van der Waals surface area contributed by atoms with Crippen LogP contribution in [0.15, 0.2) is 6.07 Å². The van der Waals surface area contributed by atoms with Gasteiger partial charge in [0, 0.05) is 30.8 Å². The molecular weight excluding hydrogens is 262 g/mol. The lowest BCUT2D eigenvalue weighted by molar-refractivity contribution is -0.0613. The minimum absolute atomic E-state index is 0.305. The predicted octanol–water partition coefficient (Wildman–Crippen LogP) is 2.57. The van der Waals surface area contributed by atoms with E-state index in [1.807, 2.05) is 13.0 Å². The third-order valence-corrected chi connectivity index (χ3v) is 4.73. The summed E-state index contributed by atoms with van der Waals surface area (Å²) >= 11 is 5.94. The predicted molar refractivity (Wildman–Crippen MR) is 75.5 cm³/mol. The molecular formula is C14H20ClN3O. The van der Waals surface area contributed by atoms with Crippen molar-refractivity contribution in [1.29, 1.82) is 0 Å². The molecule has 0 spiro atoms. The second-order valence-corrected chi connectivity index (χ2v) is 6.22. The molecule has 1 saturated carbocycles. The van der Waals surface area contributed by atoms with Gasteiger partial charge in [-0.2, -0.15) is 0 Å². The van der Waals surface area contributed by atoms with E-state index in [4.69, 9.17) is 11.6 Å². The second kappa shape index (κ2) is 4.91. The third-order valence-electron chi connectivity index (χ3n) is 4.57. The van der Waals surface area contributed by atoms with Crippen molar-refractivity contribution in [2.45, 2.75) is 44.6 Å². The van der Waals surface area contributed by atoms with E-state index in [1.165, 1.54) is 6.42 Å². The molecule has 19 heavy (non-hydrogen) atoms. The molecule has 2 unspecified atom stereocenters. The fourth-order valence-electron chi connectivity index (χ4n) is 3.46. The highest BCUT2D eigenvalue weighted by molar-refractivity contribution is 6.28. The van der Waals surface area contributed by atoms with Crippen LogP contribution in [0, 0.1) is 12.8 Å². The molecule has 5 heteroatoms. The number of aryl methyl sites for hydroxylation is 1. The fraction of sp³-hybridized carbons (Fsp3) is 0.714. The topological polar surface area (TPSA) is 49.2 Å². The Kier molecular flexibility index (Phi) is 3.39. The zero-order valence-corrected chi connectivity index (χ0v) is 12.0. The van der Waals surface area contributed by atoms with Crippen LogP contribution in [0.25, 0.3) is 0 Å². The van der Waals surface area contributed by atoms with Gasteiger partial charge < -0.3 is 10.0 Å². The van der Waals surface area contributed by atoms with Crippen LogP contribution in [0.4, 0.5) is 5.82 Å². The molecule has 1 aromatic heterocycles. The molecule has 1 N–H and O–H groups in total. The standard InChI is InChI=1S/C14H20ClN3O/c1-10-8-12(17-13(15)16-10)18-7-6-14(19)5-3-2-4-11(14)9-18/h8,11,19H,2-7,9H2,1H3. The van der Waals surface area contributed by atoms with Gasteiger partial charge in [0.1, 0.15) is 5.82 Å². The Morgan fingerprint density at radius 1 is 1.37 bits per heavy atom. The number of aliphatic hydroxyl groups is 1. The monoisotopic (exact) mass is 281 g/mol. The summed E-state index contributed by atoms with van der Waals surface area (Å²) in [5, 5.41) is 11.0. The smallest absolute Gasteiger partial charge is 0.224 e. The van der Waals surface area contributed by atoms with E-state index in [-0.39, 0.29) is 0 Å². The van der Waals surface area contributed by atoms with Crippen LogP contribution in [0.2, 0.25) is 5.28 Å². The van der Waals surface area contributed by atoms with Crippen molar-refractivity contribution in [1.82, 2.24) is 9.97 Å². The second-order valence-electron chi connectivity index (χ2n) is 5.88. The summed E-state index contributed by atoms with van der Waals surface area (Å²) < 4.78 is 0. The molecule has 1 aromatic rings. The molecule has 0 aromatic carbocycles. The Hall–Kier alpha value is -0.870. The number of hydrogen-bond donors (Lipinski definition) is 1. The van der Waals surface area contributed by atoms with E-state index in [2.05, 4.69) is 14.9 Å². The molecule has 2 heterocycles. The van der Waals surface area contributed by atoms with Crippen LogP contribution in [0.1, 0.15) is 37.8 Å². The first-order valence-electron chi connectivity index (χ1n) is 7.05. The van der Waals surface area contributed by atoms with Gasteiger partial charge in [0.15, 0.2) is 0 Å². The van der Waals surface area contributed by atoms with Crippen molar-refractivity contribution in [3.63, 3.8) is 0 Å². The highest BCUT2D eigenvalue weighted by Crippen LogP contribution is 2.40. The zero-order valence-electron chi connectivity index (χ0n) is 11.3. The number of piperidine rings is 1. The molecule has 0 amide bonds. The largest absolute Gasteiger partial charge is 0.389 e. The number of nitrogens with zero attached hydrogens (tertiary/aromatic N) is 3. The van der Waals surface area contributed by atoms with Crippen LogP contribution in [0.5, 0.6) is 0 Å². The van der Waals surface area contributed by atoms with E-state index in [9.17, 15) is 5.11 Å². The minimum atomic E-state index is -0.444. The van der Waals surface area contributed by atoms with Crippen LogP contribution in [0.3, 0.4) is 0 Å². The van der Waals surface area contributed by atoms with Crippen molar-refractivity contribution < 1.29 is 5.11 Å². The number of fused-ring (bicyclic) bond motifs is 1. The van der Waals surface area contributed by atoms with Gasteiger partial charge in [-0.1, -0.05) is 12.8 Å². The first-order chi connectivity index (χ1) is 9.07. The van der Waals surface area contributed by atoms with Crippen LogP contribution < -0.4 is 4.90 Å². The van der Waals surface area contributed by atoms with Gasteiger partial charge in [0.05, 0.1) is 5.60 Å². The van der Waals surface area contributed by atoms with Crippen molar-refractivity contribution >= 4 is 17.4 Å². The van der Waals surface area contributed by atoms with Gasteiger partial charge in [0.2, 0.25) is 5.28 Å². The summed E-state index contributed by atoms with van der Waals surface area (Å²) in [6, 6.07) is 1.97. The molecule has 104 valence electrons. The molecule has 0 radical (unpaired) electrons. The molecule has 2 aliphatic rings. The van der Waals surface area contributed by atoms with E-state index in [0.717, 1.165) is 50.3 Å². The summed E-state index contributed by atoms with van der Waals surface area (Å²) in [5.41, 5.74) is 0.445.